The quantitative estimate of drug-likeness (QED) is 0.844. The molecule has 0 spiro atoms. The fraction of sp³-hybridized carbons (Fsp3) is 0.333. The smallest absolute Gasteiger partial charge is 0.337 e. The molecular formula is C12H14N2O3. The van der Waals surface area contributed by atoms with E-state index in [1.165, 1.54) is 6.20 Å². The molecule has 90 valence electrons. The molecule has 2 rings (SSSR count). The maximum absolute atomic E-state index is 11.1. The maximum atomic E-state index is 11.1. The summed E-state index contributed by atoms with van der Waals surface area (Å²) in [6, 6.07) is 3.41. The molecule has 5 nitrogen and oxygen atoms in total. The van der Waals surface area contributed by atoms with Gasteiger partial charge in [-0.3, -0.25) is 0 Å². The minimum Gasteiger partial charge on any atom is -0.478 e. The Bertz CT molecular complexity index is 567. The number of carboxylic acids is 1. The summed E-state index contributed by atoms with van der Waals surface area (Å²) in [4.78, 5) is 15.2. The Kier molecular flexibility index (Phi) is 2.63. The van der Waals surface area contributed by atoms with Crippen molar-refractivity contribution in [3.05, 3.63) is 30.1 Å². The van der Waals surface area contributed by atoms with E-state index in [1.807, 2.05) is 0 Å². The highest BCUT2D eigenvalue weighted by Gasteiger charge is 2.19. The molecule has 0 aliphatic rings. The second-order valence-electron chi connectivity index (χ2n) is 4.66. The van der Waals surface area contributed by atoms with Crippen LogP contribution in [-0.4, -0.2) is 31.3 Å². The molecular weight excluding hydrogens is 220 g/mol. The van der Waals surface area contributed by atoms with E-state index in [2.05, 4.69) is 4.98 Å². The van der Waals surface area contributed by atoms with Gasteiger partial charge < -0.3 is 14.8 Å². The highest BCUT2D eigenvalue weighted by Crippen LogP contribution is 2.21. The number of hydrogen-bond acceptors (Lipinski definition) is 3. The normalized spacial score (nSPS) is 11.9. The minimum absolute atomic E-state index is 0.206. The topological polar surface area (TPSA) is 75.4 Å². The summed E-state index contributed by atoms with van der Waals surface area (Å²) in [7, 11) is 0. The summed E-state index contributed by atoms with van der Waals surface area (Å²) in [6.07, 6.45) is 3.12. The van der Waals surface area contributed by atoms with Crippen LogP contribution in [0.4, 0.5) is 0 Å². The van der Waals surface area contributed by atoms with Crippen molar-refractivity contribution >= 4 is 17.0 Å². The average molecular weight is 234 g/mol. The third kappa shape index (κ3) is 2.29. The zero-order chi connectivity index (χ0) is 12.6. The molecule has 0 aliphatic heterocycles. The first-order valence-corrected chi connectivity index (χ1v) is 5.28. The van der Waals surface area contributed by atoms with Crippen LogP contribution in [0.15, 0.2) is 24.5 Å². The fourth-order valence-corrected chi connectivity index (χ4v) is 1.83. The number of aliphatic hydroxyl groups is 1. The first-order valence-electron chi connectivity index (χ1n) is 5.28. The summed E-state index contributed by atoms with van der Waals surface area (Å²) in [5.41, 5.74) is -0.136. The van der Waals surface area contributed by atoms with Gasteiger partial charge in [-0.15, -0.1) is 0 Å². The van der Waals surface area contributed by atoms with Crippen LogP contribution in [0.5, 0.6) is 0 Å². The molecule has 0 fully saturated rings. The number of aromatic nitrogens is 2. The number of rotatable bonds is 3. The van der Waals surface area contributed by atoms with Gasteiger partial charge in [0.2, 0.25) is 0 Å². The second-order valence-corrected chi connectivity index (χ2v) is 4.66. The van der Waals surface area contributed by atoms with Crippen LogP contribution < -0.4 is 0 Å². The molecule has 0 bridgehead atoms. The number of fused-ring (bicyclic) bond motifs is 1. The van der Waals surface area contributed by atoms with E-state index in [9.17, 15) is 9.90 Å². The lowest BCUT2D eigenvalue weighted by Gasteiger charge is -2.18. The van der Waals surface area contributed by atoms with Crippen molar-refractivity contribution in [3.63, 3.8) is 0 Å². The van der Waals surface area contributed by atoms with Crippen molar-refractivity contribution in [2.45, 2.75) is 26.0 Å². The summed E-state index contributed by atoms with van der Waals surface area (Å²) in [5.74, 6) is -0.988. The summed E-state index contributed by atoms with van der Waals surface area (Å²) in [6.45, 7) is 3.64. The van der Waals surface area contributed by atoms with Crippen LogP contribution in [0.1, 0.15) is 24.2 Å². The lowest BCUT2D eigenvalue weighted by atomic mass is 10.1. The largest absolute Gasteiger partial charge is 0.478 e. The molecule has 0 unspecified atom stereocenters. The van der Waals surface area contributed by atoms with Crippen molar-refractivity contribution in [1.82, 2.24) is 9.55 Å². The lowest BCUT2D eigenvalue weighted by molar-refractivity contribution is 0.0618. The van der Waals surface area contributed by atoms with Gasteiger partial charge in [-0.1, -0.05) is 0 Å². The lowest BCUT2D eigenvalue weighted by Crippen LogP contribution is -2.25. The summed E-state index contributed by atoms with van der Waals surface area (Å²) < 4.78 is 1.67. The van der Waals surface area contributed by atoms with Crippen molar-refractivity contribution in [3.8, 4) is 0 Å². The van der Waals surface area contributed by atoms with Gasteiger partial charge in [-0.2, -0.15) is 0 Å². The number of nitrogens with zero attached hydrogens (tertiary/aromatic N) is 2. The zero-order valence-corrected chi connectivity index (χ0v) is 9.71. The maximum Gasteiger partial charge on any atom is 0.337 e. The standard InChI is InChI=1S/C12H14N2O3/c1-12(2,17)7-14-6-9(11(15)16)8-4-3-5-13-10(8)14/h3-6,17H,7H2,1-2H3,(H,15,16). The van der Waals surface area contributed by atoms with Crippen molar-refractivity contribution < 1.29 is 15.0 Å². The molecule has 0 amide bonds. The molecule has 0 saturated heterocycles. The van der Waals surface area contributed by atoms with Crippen molar-refractivity contribution in [1.29, 1.82) is 0 Å². The second kappa shape index (κ2) is 3.85. The molecule has 0 aromatic carbocycles. The Labute approximate surface area is 98.3 Å². The molecule has 2 aromatic heterocycles. The highest BCUT2D eigenvalue weighted by molar-refractivity contribution is 6.02. The van der Waals surface area contributed by atoms with Crippen molar-refractivity contribution in [2.75, 3.05) is 0 Å². The van der Waals surface area contributed by atoms with Crippen LogP contribution in [0.2, 0.25) is 0 Å². The predicted octanol–water partition coefficient (Wildman–Crippen LogP) is 1.51. The van der Waals surface area contributed by atoms with E-state index in [-0.39, 0.29) is 5.56 Å². The molecule has 2 heterocycles. The highest BCUT2D eigenvalue weighted by atomic mass is 16.4. The third-order valence-electron chi connectivity index (χ3n) is 2.42. The Morgan fingerprint density at radius 1 is 1.53 bits per heavy atom. The molecule has 0 saturated carbocycles. The van der Waals surface area contributed by atoms with E-state index >= 15 is 0 Å². The molecule has 0 aliphatic carbocycles. The molecule has 17 heavy (non-hydrogen) atoms. The van der Waals surface area contributed by atoms with Crippen LogP contribution in [0, 0.1) is 0 Å². The first-order chi connectivity index (χ1) is 7.88. The number of carboxylic acid groups (broad SMARTS) is 1. The molecule has 0 atom stereocenters. The van der Waals surface area contributed by atoms with E-state index in [0.717, 1.165) is 0 Å². The Balaban J connectivity index is 2.61. The monoisotopic (exact) mass is 234 g/mol. The van der Waals surface area contributed by atoms with E-state index in [1.54, 1.807) is 36.7 Å². The minimum atomic E-state index is -0.988. The van der Waals surface area contributed by atoms with Gasteiger partial charge in [0.05, 0.1) is 17.7 Å². The van der Waals surface area contributed by atoms with Gasteiger partial charge in [0.15, 0.2) is 0 Å². The Hall–Kier alpha value is -1.88. The van der Waals surface area contributed by atoms with Gasteiger partial charge in [0.25, 0.3) is 0 Å². The van der Waals surface area contributed by atoms with Crippen LogP contribution >= 0.6 is 0 Å². The molecule has 2 aromatic rings. The molecule has 5 heteroatoms. The number of carbonyl (C=O) groups is 1. The number of pyridine rings is 1. The van der Waals surface area contributed by atoms with E-state index in [4.69, 9.17) is 5.11 Å². The number of hydrogen-bond donors (Lipinski definition) is 2. The molecule has 2 N–H and O–H groups in total. The van der Waals surface area contributed by atoms with Gasteiger partial charge in [0.1, 0.15) is 5.65 Å². The van der Waals surface area contributed by atoms with Crippen LogP contribution in [0.3, 0.4) is 0 Å². The zero-order valence-electron chi connectivity index (χ0n) is 9.71. The van der Waals surface area contributed by atoms with Gasteiger partial charge in [0, 0.05) is 17.8 Å². The van der Waals surface area contributed by atoms with E-state index < -0.39 is 11.6 Å². The first kappa shape index (κ1) is 11.6. The van der Waals surface area contributed by atoms with Gasteiger partial charge in [-0.05, 0) is 26.0 Å². The molecule has 0 radical (unpaired) electrons. The number of aromatic carboxylic acids is 1. The summed E-state index contributed by atoms with van der Waals surface area (Å²) in [5, 5.41) is 19.5. The van der Waals surface area contributed by atoms with Crippen molar-refractivity contribution in [2.24, 2.45) is 0 Å². The summed E-state index contributed by atoms with van der Waals surface area (Å²) >= 11 is 0. The van der Waals surface area contributed by atoms with Crippen LogP contribution in [0.25, 0.3) is 11.0 Å². The third-order valence-corrected chi connectivity index (χ3v) is 2.42. The fourth-order valence-electron chi connectivity index (χ4n) is 1.83. The Morgan fingerprint density at radius 3 is 2.82 bits per heavy atom. The van der Waals surface area contributed by atoms with Gasteiger partial charge >= 0.3 is 5.97 Å². The Morgan fingerprint density at radius 2 is 2.24 bits per heavy atom. The van der Waals surface area contributed by atoms with E-state index in [0.29, 0.717) is 17.6 Å². The van der Waals surface area contributed by atoms with Gasteiger partial charge in [-0.25, -0.2) is 9.78 Å². The predicted molar refractivity (Wildman–Crippen MR) is 63.0 cm³/mol. The van der Waals surface area contributed by atoms with Crippen LogP contribution in [-0.2, 0) is 6.54 Å². The SMILES string of the molecule is CC(C)(O)Cn1cc(C(=O)O)c2cccnc21. The average Bonchev–Trinajstić information content (AvgIpc) is 2.55.